The van der Waals surface area contributed by atoms with Gasteiger partial charge in [0, 0.05) is 5.75 Å². The van der Waals surface area contributed by atoms with Crippen molar-refractivity contribution in [3.05, 3.63) is 71.8 Å². The summed E-state index contributed by atoms with van der Waals surface area (Å²) in [7, 11) is 0. The molecule has 0 aliphatic carbocycles. The Hall–Kier alpha value is -2.27. The molecule has 2 aromatic rings. The molecular weight excluding hydrogens is 294 g/mol. The molecule has 112 valence electrons. The number of aliphatic imine (C=N–C) groups is 1. The molecule has 0 spiro atoms. The number of thioether (sulfide) groups is 1. The number of benzene rings is 2. The largest absolute Gasteiger partial charge is 0.327 e. The van der Waals surface area contributed by atoms with E-state index in [1.54, 1.807) is 11.8 Å². The minimum atomic E-state index is -0.231. The fourth-order valence-electron chi connectivity index (χ4n) is 2.33. The molecule has 1 heterocycles. The first-order chi connectivity index (χ1) is 10.8. The van der Waals surface area contributed by atoms with E-state index in [4.69, 9.17) is 0 Å². The number of carbonyl (C=O) groups is 1. The molecule has 0 saturated heterocycles. The van der Waals surface area contributed by atoms with Crippen LogP contribution in [0, 0.1) is 0 Å². The van der Waals surface area contributed by atoms with Crippen molar-refractivity contribution in [2.24, 2.45) is 4.99 Å². The van der Waals surface area contributed by atoms with Crippen molar-refractivity contribution in [2.75, 3.05) is 12.3 Å². The van der Waals surface area contributed by atoms with Crippen LogP contribution in [0.25, 0.3) is 0 Å². The Balaban J connectivity index is 1.78. The van der Waals surface area contributed by atoms with Crippen LogP contribution in [0.3, 0.4) is 0 Å². The molecule has 0 aromatic heterocycles. The maximum atomic E-state index is 12.2. The van der Waals surface area contributed by atoms with Crippen LogP contribution in [0.1, 0.15) is 17.2 Å². The second-order valence-corrected chi connectivity index (χ2v) is 5.97. The molecule has 0 unspecified atom stereocenters. The molecule has 0 radical (unpaired) electrons. The lowest BCUT2D eigenvalue weighted by Gasteiger charge is -2.20. The molecular formula is C17H17N3OS. The summed E-state index contributed by atoms with van der Waals surface area (Å²) in [5.74, 6) is 0.927. The number of nitrogens with zero attached hydrogens (tertiary/aromatic N) is 1. The van der Waals surface area contributed by atoms with Crippen molar-refractivity contribution < 1.29 is 4.79 Å². The van der Waals surface area contributed by atoms with E-state index in [2.05, 4.69) is 15.6 Å². The lowest BCUT2D eigenvalue weighted by Crippen LogP contribution is -2.40. The minimum Gasteiger partial charge on any atom is -0.327 e. The molecule has 2 amide bonds. The summed E-state index contributed by atoms with van der Waals surface area (Å²) in [5, 5.41) is 6.54. The summed E-state index contributed by atoms with van der Waals surface area (Å²) in [4.78, 5) is 16.5. The highest BCUT2D eigenvalue weighted by atomic mass is 32.2. The highest BCUT2D eigenvalue weighted by molar-refractivity contribution is 8.14. The van der Waals surface area contributed by atoms with Gasteiger partial charge in [-0.1, -0.05) is 72.4 Å². The summed E-state index contributed by atoms with van der Waals surface area (Å²) in [6.07, 6.45) is 0. The molecule has 0 saturated carbocycles. The van der Waals surface area contributed by atoms with Crippen molar-refractivity contribution in [2.45, 2.75) is 6.04 Å². The summed E-state index contributed by atoms with van der Waals surface area (Å²) >= 11 is 1.57. The predicted octanol–water partition coefficient (Wildman–Crippen LogP) is 3.18. The van der Waals surface area contributed by atoms with Crippen molar-refractivity contribution in [1.82, 2.24) is 10.6 Å². The van der Waals surface area contributed by atoms with Crippen LogP contribution in [0.4, 0.5) is 4.79 Å². The SMILES string of the molecule is O=C(NC1=NCCS1)NC(c1ccccc1)c1ccccc1. The fraction of sp³-hybridized carbons (Fsp3) is 0.176. The number of hydrogen-bond acceptors (Lipinski definition) is 3. The summed E-state index contributed by atoms with van der Waals surface area (Å²) in [6, 6.07) is 19.5. The van der Waals surface area contributed by atoms with Gasteiger partial charge in [0.05, 0.1) is 12.6 Å². The second kappa shape index (κ2) is 7.13. The highest BCUT2D eigenvalue weighted by Gasteiger charge is 2.18. The van der Waals surface area contributed by atoms with E-state index in [9.17, 15) is 4.79 Å². The molecule has 22 heavy (non-hydrogen) atoms. The summed E-state index contributed by atoms with van der Waals surface area (Å²) in [5.41, 5.74) is 2.09. The smallest absolute Gasteiger partial charge is 0.321 e. The Kier molecular flexibility index (Phi) is 4.75. The molecule has 5 heteroatoms. The summed E-state index contributed by atoms with van der Waals surface area (Å²) in [6.45, 7) is 0.765. The normalized spacial score (nSPS) is 13.8. The molecule has 4 nitrogen and oxygen atoms in total. The third-order valence-electron chi connectivity index (χ3n) is 3.35. The van der Waals surface area contributed by atoms with E-state index in [0.29, 0.717) is 5.17 Å². The fourth-order valence-corrected chi connectivity index (χ4v) is 3.05. The van der Waals surface area contributed by atoms with Crippen LogP contribution in [-0.4, -0.2) is 23.5 Å². The molecule has 2 aromatic carbocycles. The summed E-state index contributed by atoms with van der Waals surface area (Å²) < 4.78 is 0. The number of amides is 2. The Labute approximate surface area is 134 Å². The average Bonchev–Trinajstić information content (AvgIpc) is 3.07. The Morgan fingerprint density at radius 2 is 1.59 bits per heavy atom. The molecule has 0 fully saturated rings. The van der Waals surface area contributed by atoms with Crippen molar-refractivity contribution in [1.29, 1.82) is 0 Å². The van der Waals surface area contributed by atoms with Crippen molar-refractivity contribution in [3.63, 3.8) is 0 Å². The number of hydrogen-bond donors (Lipinski definition) is 2. The Morgan fingerprint density at radius 3 is 2.09 bits per heavy atom. The first-order valence-corrected chi connectivity index (χ1v) is 8.16. The van der Waals surface area contributed by atoms with Crippen LogP contribution in [-0.2, 0) is 0 Å². The molecule has 0 bridgehead atoms. The molecule has 1 aliphatic rings. The number of amidine groups is 1. The van der Waals surface area contributed by atoms with E-state index in [1.807, 2.05) is 60.7 Å². The second-order valence-electron chi connectivity index (χ2n) is 4.89. The van der Waals surface area contributed by atoms with Gasteiger partial charge >= 0.3 is 6.03 Å². The molecule has 0 atom stereocenters. The van der Waals surface area contributed by atoms with Crippen LogP contribution in [0.2, 0.25) is 0 Å². The van der Waals surface area contributed by atoms with Gasteiger partial charge in [0.15, 0.2) is 5.17 Å². The van der Waals surface area contributed by atoms with E-state index < -0.39 is 0 Å². The zero-order chi connectivity index (χ0) is 15.2. The van der Waals surface area contributed by atoms with Crippen molar-refractivity contribution in [3.8, 4) is 0 Å². The van der Waals surface area contributed by atoms with E-state index in [1.165, 1.54) is 0 Å². The van der Waals surface area contributed by atoms with Crippen molar-refractivity contribution >= 4 is 23.0 Å². The lowest BCUT2D eigenvalue weighted by atomic mass is 9.99. The number of nitrogens with one attached hydrogen (secondary N) is 2. The van der Waals surface area contributed by atoms with Gasteiger partial charge in [0.2, 0.25) is 0 Å². The number of rotatable bonds is 3. The van der Waals surface area contributed by atoms with Gasteiger partial charge in [-0.2, -0.15) is 0 Å². The van der Waals surface area contributed by atoms with E-state index in [0.717, 1.165) is 23.4 Å². The topological polar surface area (TPSA) is 53.5 Å². The van der Waals surface area contributed by atoms with E-state index in [-0.39, 0.29) is 12.1 Å². The standard InChI is InChI=1S/C17H17N3OS/c21-16(20-17-18-11-12-22-17)19-15(13-7-3-1-4-8-13)14-9-5-2-6-10-14/h1-10,15H,11-12H2,(H2,18,19,20,21). The zero-order valence-electron chi connectivity index (χ0n) is 12.0. The predicted molar refractivity (Wildman–Crippen MR) is 91.2 cm³/mol. The molecule has 2 N–H and O–H groups in total. The monoisotopic (exact) mass is 311 g/mol. The Bertz CT molecular complexity index is 619. The third-order valence-corrected chi connectivity index (χ3v) is 4.24. The molecule has 3 rings (SSSR count). The third kappa shape index (κ3) is 3.68. The van der Waals surface area contributed by atoms with Gasteiger partial charge in [-0.05, 0) is 11.1 Å². The maximum Gasteiger partial charge on any atom is 0.321 e. The quantitative estimate of drug-likeness (QED) is 0.915. The van der Waals surface area contributed by atoms with Crippen LogP contribution in [0.15, 0.2) is 65.7 Å². The zero-order valence-corrected chi connectivity index (χ0v) is 12.8. The number of carbonyl (C=O) groups excluding carboxylic acids is 1. The van der Waals surface area contributed by atoms with Crippen LogP contribution < -0.4 is 10.6 Å². The average molecular weight is 311 g/mol. The first-order valence-electron chi connectivity index (χ1n) is 7.17. The van der Waals surface area contributed by atoms with Gasteiger partial charge < -0.3 is 5.32 Å². The lowest BCUT2D eigenvalue weighted by molar-refractivity contribution is 0.243. The number of urea groups is 1. The maximum absolute atomic E-state index is 12.2. The van der Waals surface area contributed by atoms with Gasteiger partial charge in [-0.25, -0.2) is 4.79 Å². The van der Waals surface area contributed by atoms with Gasteiger partial charge in [-0.15, -0.1) is 0 Å². The highest BCUT2D eigenvalue weighted by Crippen LogP contribution is 2.21. The van der Waals surface area contributed by atoms with Gasteiger partial charge in [0.25, 0.3) is 0 Å². The minimum absolute atomic E-state index is 0.186. The van der Waals surface area contributed by atoms with E-state index >= 15 is 0 Å². The van der Waals surface area contributed by atoms with Gasteiger partial charge in [0.1, 0.15) is 0 Å². The van der Waals surface area contributed by atoms with Crippen LogP contribution >= 0.6 is 11.8 Å². The Morgan fingerprint density at radius 1 is 1.00 bits per heavy atom. The molecule has 1 aliphatic heterocycles. The van der Waals surface area contributed by atoms with Gasteiger partial charge in [-0.3, -0.25) is 10.3 Å². The first kappa shape index (κ1) is 14.7. The van der Waals surface area contributed by atoms with Crippen LogP contribution in [0.5, 0.6) is 0 Å².